The molecule has 222 valence electrons. The van der Waals surface area contributed by atoms with Gasteiger partial charge in [0.1, 0.15) is 12.6 Å². The largest absolute Gasteiger partial charge is 0.445 e. The molecule has 1 unspecified atom stereocenters. The van der Waals surface area contributed by atoms with Crippen molar-refractivity contribution in [3.05, 3.63) is 34.9 Å². The molecule has 1 aliphatic heterocycles. The molecule has 14 heteroatoms. The fourth-order valence-electron chi connectivity index (χ4n) is 5.16. The Morgan fingerprint density at radius 1 is 1.12 bits per heavy atom. The highest BCUT2D eigenvalue weighted by Gasteiger charge is 2.41. The molecule has 2 aliphatic rings. The third kappa shape index (κ3) is 9.93. The summed E-state index contributed by atoms with van der Waals surface area (Å²) >= 11 is 5.98. The van der Waals surface area contributed by atoms with E-state index >= 15 is 0 Å². The summed E-state index contributed by atoms with van der Waals surface area (Å²) in [5.74, 6) is -2.66. The molecule has 1 aromatic rings. The second-order valence-electron chi connectivity index (χ2n) is 10.3. The predicted octanol–water partition coefficient (Wildman–Crippen LogP) is 2.69. The molecule has 1 aromatic carbocycles. The number of hydrogen-bond donors (Lipinski definition) is 4. The summed E-state index contributed by atoms with van der Waals surface area (Å²) in [7, 11) is -5.00. The van der Waals surface area contributed by atoms with E-state index in [1.54, 1.807) is 24.3 Å². The number of halogens is 1. The van der Waals surface area contributed by atoms with Gasteiger partial charge in [0, 0.05) is 24.4 Å². The van der Waals surface area contributed by atoms with Crippen LogP contribution in [0.15, 0.2) is 24.3 Å². The molecule has 4 N–H and O–H groups in total. The van der Waals surface area contributed by atoms with Crippen molar-refractivity contribution in [2.24, 2.45) is 11.8 Å². The highest BCUT2D eigenvalue weighted by atomic mass is 35.5. The van der Waals surface area contributed by atoms with Crippen LogP contribution >= 0.6 is 11.6 Å². The van der Waals surface area contributed by atoms with Crippen LogP contribution in [-0.4, -0.2) is 60.9 Å². The lowest BCUT2D eigenvalue weighted by molar-refractivity contribution is -0.145. The zero-order chi connectivity index (χ0) is 29.3. The van der Waals surface area contributed by atoms with E-state index in [1.807, 2.05) is 0 Å². The Morgan fingerprint density at radius 3 is 2.45 bits per heavy atom. The van der Waals surface area contributed by atoms with Gasteiger partial charge in [-0.3, -0.25) is 18.9 Å². The topological polar surface area (TPSA) is 177 Å². The standard InChI is InChI=1S/C26H36ClN3O9S/c1-16(31)39-25(40(35,36)37)22(14-19-10-11-28-23(19)32)29-24(33)21(13-17-6-3-2-4-7-17)30-26(34)38-15-18-8-5-9-20(27)12-18/h5,8-9,12,17,19,21-22,25H,2-4,6-7,10-11,13-15H2,1H3,(H,28,32)(H,29,33)(H,30,34)(H,35,36,37)/t19-,21-,22-,25?/m0/s1. The number of esters is 1. The summed E-state index contributed by atoms with van der Waals surface area (Å²) in [5, 5.41) is 8.20. The maximum Gasteiger partial charge on any atom is 0.408 e. The fourth-order valence-corrected chi connectivity index (χ4v) is 6.22. The lowest BCUT2D eigenvalue weighted by atomic mass is 9.84. The Hall–Kier alpha value is -2.90. The van der Waals surface area contributed by atoms with E-state index in [0.29, 0.717) is 23.6 Å². The summed E-state index contributed by atoms with van der Waals surface area (Å²) in [5.41, 5.74) is -1.50. The molecule has 3 amide bonds. The van der Waals surface area contributed by atoms with Crippen LogP contribution < -0.4 is 16.0 Å². The Labute approximate surface area is 238 Å². The SMILES string of the molecule is CC(=O)OC([C@H](C[C@@H]1CCNC1=O)NC(=O)[C@H](CC1CCCCC1)NC(=O)OCc1cccc(Cl)c1)S(=O)(=O)O. The summed E-state index contributed by atoms with van der Waals surface area (Å²) in [6.45, 7) is 1.22. The molecule has 4 atom stereocenters. The van der Waals surface area contributed by atoms with Crippen molar-refractivity contribution in [2.45, 2.75) is 82.4 Å². The molecular weight excluding hydrogens is 566 g/mol. The van der Waals surface area contributed by atoms with E-state index in [0.717, 1.165) is 39.0 Å². The molecule has 1 heterocycles. The van der Waals surface area contributed by atoms with Gasteiger partial charge in [0.15, 0.2) is 0 Å². The van der Waals surface area contributed by atoms with Gasteiger partial charge in [0.2, 0.25) is 17.3 Å². The minimum atomic E-state index is -5.00. The number of benzene rings is 1. The van der Waals surface area contributed by atoms with Gasteiger partial charge in [-0.15, -0.1) is 0 Å². The molecule has 3 rings (SSSR count). The molecule has 12 nitrogen and oxygen atoms in total. The molecular formula is C26H36ClN3O9S. The summed E-state index contributed by atoms with van der Waals surface area (Å²) < 4.78 is 44.4. The third-order valence-corrected chi connectivity index (χ3v) is 8.34. The average Bonchev–Trinajstić information content (AvgIpc) is 3.29. The van der Waals surface area contributed by atoms with Crippen LogP contribution in [0.3, 0.4) is 0 Å². The highest BCUT2D eigenvalue weighted by molar-refractivity contribution is 7.86. The number of alkyl carbamates (subject to hydrolysis) is 1. The van der Waals surface area contributed by atoms with Crippen molar-refractivity contribution in [3.8, 4) is 0 Å². The molecule has 0 spiro atoms. The monoisotopic (exact) mass is 601 g/mol. The number of nitrogens with one attached hydrogen (secondary N) is 3. The lowest BCUT2D eigenvalue weighted by Crippen LogP contribution is -2.55. The summed E-state index contributed by atoms with van der Waals surface area (Å²) in [4.78, 5) is 50.1. The smallest absolute Gasteiger partial charge is 0.408 e. The quantitative estimate of drug-likeness (QED) is 0.207. The van der Waals surface area contributed by atoms with Crippen molar-refractivity contribution in [1.82, 2.24) is 16.0 Å². The third-order valence-electron chi connectivity index (χ3n) is 7.09. The number of amides is 3. The van der Waals surface area contributed by atoms with Crippen LogP contribution in [-0.2, 0) is 40.6 Å². The van der Waals surface area contributed by atoms with Crippen LogP contribution in [0.1, 0.15) is 63.9 Å². The molecule has 0 aromatic heterocycles. The molecule has 1 saturated carbocycles. The summed E-state index contributed by atoms with van der Waals surface area (Å²) in [6, 6.07) is 4.16. The summed E-state index contributed by atoms with van der Waals surface area (Å²) in [6.07, 6.45) is 4.29. The number of hydrogen-bond acceptors (Lipinski definition) is 8. The lowest BCUT2D eigenvalue weighted by Gasteiger charge is -2.30. The molecule has 0 bridgehead atoms. The van der Waals surface area contributed by atoms with Gasteiger partial charge in [0.25, 0.3) is 0 Å². The van der Waals surface area contributed by atoms with E-state index in [9.17, 15) is 32.1 Å². The van der Waals surface area contributed by atoms with Gasteiger partial charge < -0.3 is 25.4 Å². The first-order valence-corrected chi connectivity index (χ1v) is 15.2. The van der Waals surface area contributed by atoms with Crippen molar-refractivity contribution >= 4 is 45.6 Å². The van der Waals surface area contributed by atoms with Crippen molar-refractivity contribution in [3.63, 3.8) is 0 Å². The van der Waals surface area contributed by atoms with Crippen molar-refractivity contribution in [2.75, 3.05) is 6.54 Å². The molecule has 1 saturated heterocycles. The van der Waals surface area contributed by atoms with Crippen LogP contribution in [0.4, 0.5) is 4.79 Å². The Balaban J connectivity index is 1.78. The Bertz CT molecular complexity index is 1170. The second-order valence-corrected chi connectivity index (χ2v) is 12.2. The van der Waals surface area contributed by atoms with Crippen LogP contribution in [0.2, 0.25) is 5.02 Å². The van der Waals surface area contributed by atoms with Gasteiger partial charge in [-0.2, -0.15) is 8.42 Å². The Kier molecular flexibility index (Phi) is 11.6. The average molecular weight is 602 g/mol. The first kappa shape index (κ1) is 31.6. The minimum absolute atomic E-state index is 0.0964. The first-order valence-electron chi connectivity index (χ1n) is 13.3. The predicted molar refractivity (Wildman–Crippen MR) is 145 cm³/mol. The zero-order valence-corrected chi connectivity index (χ0v) is 23.8. The molecule has 2 fully saturated rings. The fraction of sp³-hybridized carbons (Fsp3) is 0.615. The van der Waals surface area contributed by atoms with Crippen molar-refractivity contribution < 1.29 is 41.6 Å². The minimum Gasteiger partial charge on any atom is -0.445 e. The van der Waals surface area contributed by atoms with Gasteiger partial charge >= 0.3 is 22.2 Å². The van der Waals surface area contributed by atoms with E-state index < -0.39 is 51.5 Å². The van der Waals surface area contributed by atoms with Gasteiger partial charge in [-0.25, -0.2) is 4.79 Å². The van der Waals surface area contributed by atoms with E-state index in [-0.39, 0.29) is 31.3 Å². The zero-order valence-electron chi connectivity index (χ0n) is 22.3. The van der Waals surface area contributed by atoms with Crippen LogP contribution in [0, 0.1) is 11.8 Å². The van der Waals surface area contributed by atoms with E-state index in [1.165, 1.54) is 0 Å². The molecule has 0 radical (unpaired) electrons. The van der Waals surface area contributed by atoms with Crippen molar-refractivity contribution in [1.29, 1.82) is 0 Å². The first-order chi connectivity index (χ1) is 18.9. The number of rotatable bonds is 12. The van der Waals surface area contributed by atoms with E-state index in [2.05, 4.69) is 16.0 Å². The van der Waals surface area contributed by atoms with E-state index in [4.69, 9.17) is 21.1 Å². The second kappa shape index (κ2) is 14.6. The molecule has 40 heavy (non-hydrogen) atoms. The Morgan fingerprint density at radius 2 is 1.85 bits per heavy atom. The maximum atomic E-state index is 13.5. The van der Waals surface area contributed by atoms with Gasteiger partial charge in [-0.1, -0.05) is 55.8 Å². The molecule has 1 aliphatic carbocycles. The van der Waals surface area contributed by atoms with Gasteiger partial charge in [0.05, 0.1) is 6.04 Å². The highest BCUT2D eigenvalue weighted by Crippen LogP contribution is 2.28. The van der Waals surface area contributed by atoms with Crippen LogP contribution in [0.5, 0.6) is 0 Å². The maximum absolute atomic E-state index is 13.5. The van der Waals surface area contributed by atoms with Gasteiger partial charge in [-0.05, 0) is 42.9 Å². The number of carbonyl (C=O) groups excluding carboxylic acids is 4. The van der Waals surface area contributed by atoms with Crippen LogP contribution in [0.25, 0.3) is 0 Å². The number of ether oxygens (including phenoxy) is 2. The number of carbonyl (C=O) groups is 4. The normalized spacial score (nSPS) is 20.1.